The van der Waals surface area contributed by atoms with Gasteiger partial charge in [-0.1, -0.05) is 25.0 Å². The number of hydrogen-bond acceptors (Lipinski definition) is 4. The molecular weight excluding hydrogens is 352 g/mol. The Bertz CT molecular complexity index is 790. The molecule has 3 fully saturated rings. The molecule has 0 N–H and O–H groups in total. The largest absolute Gasteiger partial charge is 0.466 e. The van der Waals surface area contributed by atoms with Crippen molar-refractivity contribution in [3.05, 3.63) is 23.3 Å². The maximum atomic E-state index is 13.0. The lowest BCUT2D eigenvalue weighted by Gasteiger charge is -2.57. The van der Waals surface area contributed by atoms with Gasteiger partial charge in [-0.05, 0) is 74.9 Å². The molecule has 0 amide bonds. The Morgan fingerprint density at radius 3 is 2.68 bits per heavy atom. The Kier molecular flexibility index (Phi) is 4.67. The molecule has 0 bridgehead atoms. The van der Waals surface area contributed by atoms with Crippen LogP contribution in [0, 0.1) is 34.5 Å². The highest BCUT2D eigenvalue weighted by molar-refractivity contribution is 6.02. The summed E-state index contributed by atoms with van der Waals surface area (Å²) in [5.41, 5.74) is 2.20. The summed E-state index contributed by atoms with van der Waals surface area (Å²) in [6.45, 7) is 8.46. The van der Waals surface area contributed by atoms with Crippen LogP contribution in [0.25, 0.3) is 0 Å². The normalized spacial score (nSPS) is 42.1. The molecule has 4 rings (SSSR count). The zero-order valence-corrected chi connectivity index (χ0v) is 17.5. The number of rotatable bonds is 3. The van der Waals surface area contributed by atoms with Crippen molar-refractivity contribution in [3.63, 3.8) is 0 Å². The van der Waals surface area contributed by atoms with Crippen molar-refractivity contribution >= 4 is 17.5 Å². The molecule has 4 aliphatic carbocycles. The van der Waals surface area contributed by atoms with Crippen molar-refractivity contribution in [1.29, 1.82) is 0 Å². The highest BCUT2D eigenvalue weighted by Gasteiger charge is 2.62. The molecule has 0 unspecified atom stereocenters. The van der Waals surface area contributed by atoms with Gasteiger partial charge in [0.2, 0.25) is 0 Å². The van der Waals surface area contributed by atoms with Gasteiger partial charge in [0, 0.05) is 24.2 Å². The van der Waals surface area contributed by atoms with Crippen LogP contribution in [0.4, 0.5) is 0 Å². The summed E-state index contributed by atoms with van der Waals surface area (Å²) in [6, 6.07) is 0. The van der Waals surface area contributed by atoms with Gasteiger partial charge >= 0.3 is 5.97 Å². The van der Waals surface area contributed by atoms with Crippen LogP contribution in [0.15, 0.2) is 23.3 Å². The predicted octanol–water partition coefficient (Wildman–Crippen LogP) is 4.43. The molecule has 0 aromatic heterocycles. The molecule has 4 nitrogen and oxygen atoms in total. The van der Waals surface area contributed by atoms with Crippen molar-refractivity contribution in [2.24, 2.45) is 34.5 Å². The average Bonchev–Trinajstić information content (AvgIpc) is 2.87. The first-order chi connectivity index (χ1) is 13.2. The van der Waals surface area contributed by atoms with Crippen LogP contribution in [0.3, 0.4) is 0 Å². The van der Waals surface area contributed by atoms with E-state index in [1.54, 1.807) is 0 Å². The van der Waals surface area contributed by atoms with Crippen molar-refractivity contribution < 1.29 is 19.1 Å². The van der Waals surface area contributed by atoms with Crippen LogP contribution in [0.1, 0.15) is 66.2 Å². The summed E-state index contributed by atoms with van der Waals surface area (Å²) >= 11 is 0. The number of Topliss-reactive ketones (excluding diaryl/α,β-unsaturated/α-hetero) is 1. The maximum absolute atomic E-state index is 13.0. The number of hydrogen-bond donors (Lipinski definition) is 0. The summed E-state index contributed by atoms with van der Waals surface area (Å²) in [5, 5.41) is 0. The summed E-state index contributed by atoms with van der Waals surface area (Å²) in [5.74, 6) is 1.91. The molecule has 4 heteroatoms. The number of ketones is 2. The molecule has 6 atom stereocenters. The molecule has 0 spiro atoms. The van der Waals surface area contributed by atoms with Gasteiger partial charge in [0.25, 0.3) is 0 Å². The molecule has 152 valence electrons. The second-order valence-corrected chi connectivity index (χ2v) is 9.91. The molecule has 28 heavy (non-hydrogen) atoms. The van der Waals surface area contributed by atoms with Gasteiger partial charge in [0.1, 0.15) is 5.78 Å². The Labute approximate surface area is 167 Å². The second-order valence-electron chi connectivity index (χ2n) is 9.91. The van der Waals surface area contributed by atoms with Crippen LogP contribution in [0.5, 0.6) is 0 Å². The topological polar surface area (TPSA) is 60.4 Å². The molecule has 0 aromatic carbocycles. The SMILES string of the molecule is CC(=O)OCC[C@H]1CC(=O)[C@@]2(C)CC[C@H]3[C@@H](CCC4=CC(=O)C=C(C)[C@@]43C)[C@H]12. The standard InChI is InChI=1S/C24H32O4/c1-14-11-18(26)13-17-5-6-19-20(24(14,17)4)7-9-23(3)21(27)12-16(22(19)23)8-10-28-15(2)25/h11,13,16,19-20,22H,5-10,12H2,1-4H3/t16-,19+,20-,22-,23+,24-/m0/s1. The first-order valence-electron chi connectivity index (χ1n) is 10.8. The molecule has 0 aliphatic heterocycles. The van der Waals surface area contributed by atoms with Gasteiger partial charge in [-0.3, -0.25) is 14.4 Å². The Morgan fingerprint density at radius 1 is 1.21 bits per heavy atom. The third kappa shape index (κ3) is 2.74. The first kappa shape index (κ1) is 19.6. The van der Waals surface area contributed by atoms with Crippen molar-refractivity contribution in [2.75, 3.05) is 6.61 Å². The van der Waals surface area contributed by atoms with Crippen LogP contribution in [-0.2, 0) is 19.1 Å². The van der Waals surface area contributed by atoms with Crippen molar-refractivity contribution in [2.45, 2.75) is 66.2 Å². The van der Waals surface area contributed by atoms with Crippen LogP contribution < -0.4 is 0 Å². The van der Waals surface area contributed by atoms with E-state index in [4.69, 9.17) is 4.74 Å². The van der Waals surface area contributed by atoms with Crippen molar-refractivity contribution in [3.8, 4) is 0 Å². The van der Waals surface area contributed by atoms with E-state index in [0.29, 0.717) is 42.5 Å². The van der Waals surface area contributed by atoms with Gasteiger partial charge < -0.3 is 4.74 Å². The van der Waals surface area contributed by atoms with Crippen LogP contribution >= 0.6 is 0 Å². The number of allylic oxidation sites excluding steroid dienone is 4. The average molecular weight is 385 g/mol. The van der Waals surface area contributed by atoms with E-state index in [2.05, 4.69) is 20.8 Å². The minimum absolute atomic E-state index is 0.0514. The number of ether oxygens (including phenoxy) is 1. The van der Waals surface area contributed by atoms with E-state index in [0.717, 1.165) is 32.1 Å². The fraction of sp³-hybridized carbons (Fsp3) is 0.708. The molecule has 3 saturated carbocycles. The van der Waals surface area contributed by atoms with E-state index in [-0.39, 0.29) is 22.6 Å². The molecule has 0 radical (unpaired) electrons. The minimum atomic E-state index is -0.249. The fourth-order valence-electron chi connectivity index (χ4n) is 7.25. The molecule has 0 saturated heterocycles. The molecule has 0 aromatic rings. The van der Waals surface area contributed by atoms with E-state index in [1.807, 2.05) is 12.2 Å². The van der Waals surface area contributed by atoms with E-state index in [1.165, 1.54) is 18.1 Å². The summed E-state index contributed by atoms with van der Waals surface area (Å²) in [7, 11) is 0. The fourth-order valence-corrected chi connectivity index (χ4v) is 7.25. The Balaban J connectivity index is 1.65. The summed E-state index contributed by atoms with van der Waals surface area (Å²) < 4.78 is 5.22. The van der Waals surface area contributed by atoms with Gasteiger partial charge in [-0.15, -0.1) is 0 Å². The minimum Gasteiger partial charge on any atom is -0.466 e. The molecule has 0 heterocycles. The van der Waals surface area contributed by atoms with Crippen molar-refractivity contribution in [1.82, 2.24) is 0 Å². The third-order valence-corrected chi connectivity index (χ3v) is 8.72. The van der Waals surface area contributed by atoms with Crippen LogP contribution in [-0.4, -0.2) is 24.1 Å². The maximum Gasteiger partial charge on any atom is 0.302 e. The van der Waals surface area contributed by atoms with E-state index >= 15 is 0 Å². The Hall–Kier alpha value is -1.71. The van der Waals surface area contributed by atoms with Gasteiger partial charge in [-0.2, -0.15) is 0 Å². The Morgan fingerprint density at radius 2 is 1.96 bits per heavy atom. The lowest BCUT2D eigenvalue weighted by molar-refractivity contribution is -0.142. The highest BCUT2D eigenvalue weighted by Crippen LogP contribution is 2.66. The quantitative estimate of drug-likeness (QED) is 0.675. The summed E-state index contributed by atoms with van der Waals surface area (Å²) in [6.07, 6.45) is 9.09. The first-order valence-corrected chi connectivity index (χ1v) is 10.8. The number of carbonyl (C=O) groups excluding carboxylic acids is 3. The lowest BCUT2D eigenvalue weighted by atomic mass is 9.46. The van der Waals surface area contributed by atoms with Gasteiger partial charge in [0.05, 0.1) is 6.61 Å². The van der Waals surface area contributed by atoms with E-state index in [9.17, 15) is 14.4 Å². The lowest BCUT2D eigenvalue weighted by Crippen LogP contribution is -2.52. The third-order valence-electron chi connectivity index (χ3n) is 8.72. The van der Waals surface area contributed by atoms with Gasteiger partial charge in [-0.25, -0.2) is 0 Å². The zero-order valence-electron chi connectivity index (χ0n) is 17.5. The highest BCUT2D eigenvalue weighted by atomic mass is 16.5. The van der Waals surface area contributed by atoms with E-state index < -0.39 is 0 Å². The molecular formula is C24H32O4. The zero-order chi connectivity index (χ0) is 20.3. The number of esters is 1. The summed E-state index contributed by atoms with van der Waals surface area (Å²) in [4.78, 5) is 36.3. The number of carbonyl (C=O) groups is 3. The molecule has 4 aliphatic rings. The van der Waals surface area contributed by atoms with Crippen LogP contribution in [0.2, 0.25) is 0 Å². The predicted molar refractivity (Wildman–Crippen MR) is 106 cm³/mol. The monoisotopic (exact) mass is 384 g/mol. The smallest absolute Gasteiger partial charge is 0.302 e. The number of fused-ring (bicyclic) bond motifs is 5. The second kappa shape index (κ2) is 6.67. The van der Waals surface area contributed by atoms with Gasteiger partial charge in [0.15, 0.2) is 5.78 Å².